The number of carbonyl (C=O) groups excluding carboxylic acids is 2. The number of rotatable bonds is 2. The van der Waals surface area contributed by atoms with Crippen molar-refractivity contribution in [1.82, 2.24) is 10.2 Å². The summed E-state index contributed by atoms with van der Waals surface area (Å²) in [5.41, 5.74) is 0.639. The molecule has 0 aromatic heterocycles. The van der Waals surface area contributed by atoms with Crippen LogP contribution in [0.4, 0.5) is 0 Å². The van der Waals surface area contributed by atoms with Crippen molar-refractivity contribution in [3.05, 3.63) is 35.9 Å². The van der Waals surface area contributed by atoms with Crippen molar-refractivity contribution in [3.63, 3.8) is 0 Å². The summed E-state index contributed by atoms with van der Waals surface area (Å²) in [4.78, 5) is 25.6. The third-order valence-electron chi connectivity index (χ3n) is 3.00. The number of nitrogens with zero attached hydrogens (tertiary/aromatic N) is 1. The van der Waals surface area contributed by atoms with Gasteiger partial charge in [-0.05, 0) is 18.6 Å². The van der Waals surface area contributed by atoms with Gasteiger partial charge < -0.3 is 10.2 Å². The molecule has 0 spiro atoms. The van der Waals surface area contributed by atoms with Crippen molar-refractivity contribution in [3.8, 4) is 0 Å². The Hall–Kier alpha value is -1.84. The Labute approximate surface area is 101 Å². The summed E-state index contributed by atoms with van der Waals surface area (Å²) in [5, 5.41) is 2.79. The molecule has 1 heterocycles. The smallest absolute Gasteiger partial charge is 0.254 e. The standard InChI is InChI=1S/C13H16N2O2/c1-2-11-12(16)14-8-9-15(11)13(17)10-6-4-3-5-7-10/h3-7,11H,2,8-9H2,1H3,(H,14,16). The number of piperazine rings is 1. The molecule has 1 aromatic rings. The molecule has 2 amide bonds. The zero-order chi connectivity index (χ0) is 12.3. The van der Waals surface area contributed by atoms with Gasteiger partial charge in [-0.25, -0.2) is 0 Å². The molecule has 1 aliphatic rings. The Balaban J connectivity index is 2.21. The summed E-state index contributed by atoms with van der Waals surface area (Å²) in [5.74, 6) is -0.115. The monoisotopic (exact) mass is 232 g/mol. The van der Waals surface area contributed by atoms with Gasteiger partial charge in [0.25, 0.3) is 5.91 Å². The van der Waals surface area contributed by atoms with Crippen LogP contribution in [0.1, 0.15) is 23.7 Å². The van der Waals surface area contributed by atoms with Crippen molar-refractivity contribution < 1.29 is 9.59 Å². The van der Waals surface area contributed by atoms with E-state index in [0.717, 1.165) is 0 Å². The summed E-state index contributed by atoms with van der Waals surface area (Å²) in [6, 6.07) is 8.76. The van der Waals surface area contributed by atoms with Gasteiger partial charge in [-0.1, -0.05) is 25.1 Å². The zero-order valence-electron chi connectivity index (χ0n) is 9.85. The van der Waals surface area contributed by atoms with E-state index in [1.807, 2.05) is 25.1 Å². The maximum atomic E-state index is 12.3. The molecule has 0 aliphatic carbocycles. The van der Waals surface area contributed by atoms with Crippen molar-refractivity contribution in [2.45, 2.75) is 19.4 Å². The lowest BCUT2D eigenvalue weighted by Crippen LogP contribution is -2.56. The molecule has 0 saturated carbocycles. The molecule has 90 valence electrons. The van der Waals surface area contributed by atoms with E-state index in [1.165, 1.54) is 0 Å². The molecule has 4 heteroatoms. The van der Waals surface area contributed by atoms with Gasteiger partial charge in [-0.3, -0.25) is 9.59 Å². The molecular formula is C13H16N2O2. The summed E-state index contributed by atoms with van der Waals surface area (Å²) in [6.07, 6.45) is 0.643. The summed E-state index contributed by atoms with van der Waals surface area (Å²) in [6.45, 7) is 3.03. The quantitative estimate of drug-likeness (QED) is 0.828. The van der Waals surface area contributed by atoms with Gasteiger partial charge in [-0.15, -0.1) is 0 Å². The van der Waals surface area contributed by atoms with E-state index < -0.39 is 0 Å². The van der Waals surface area contributed by atoms with E-state index in [0.29, 0.717) is 25.1 Å². The van der Waals surface area contributed by atoms with Crippen LogP contribution in [-0.4, -0.2) is 35.8 Å². The predicted molar refractivity (Wildman–Crippen MR) is 64.6 cm³/mol. The molecule has 1 N–H and O–H groups in total. The number of hydrogen-bond donors (Lipinski definition) is 1. The van der Waals surface area contributed by atoms with E-state index in [4.69, 9.17) is 0 Å². The highest BCUT2D eigenvalue weighted by Crippen LogP contribution is 2.13. The minimum atomic E-state index is -0.337. The average Bonchev–Trinajstić information content (AvgIpc) is 2.38. The lowest BCUT2D eigenvalue weighted by Gasteiger charge is -2.34. The molecule has 0 bridgehead atoms. The highest BCUT2D eigenvalue weighted by Gasteiger charge is 2.31. The minimum absolute atomic E-state index is 0.0527. The molecule has 1 atom stereocenters. The minimum Gasteiger partial charge on any atom is -0.353 e. The molecule has 1 unspecified atom stereocenters. The molecule has 1 aromatic carbocycles. The first-order valence-corrected chi connectivity index (χ1v) is 5.87. The first kappa shape index (κ1) is 11.6. The first-order valence-electron chi connectivity index (χ1n) is 5.87. The number of amides is 2. The van der Waals surface area contributed by atoms with Crippen molar-refractivity contribution in [2.75, 3.05) is 13.1 Å². The Morgan fingerprint density at radius 3 is 2.76 bits per heavy atom. The predicted octanol–water partition coefficient (Wildman–Crippen LogP) is 1.04. The van der Waals surface area contributed by atoms with E-state index >= 15 is 0 Å². The van der Waals surface area contributed by atoms with Crippen LogP contribution < -0.4 is 5.32 Å². The van der Waals surface area contributed by atoms with Crippen molar-refractivity contribution >= 4 is 11.8 Å². The molecule has 1 fully saturated rings. The Morgan fingerprint density at radius 1 is 1.41 bits per heavy atom. The van der Waals surface area contributed by atoms with Gasteiger partial charge in [0.05, 0.1) is 0 Å². The molecule has 1 aliphatic heterocycles. The number of nitrogens with one attached hydrogen (secondary N) is 1. The highest BCUT2D eigenvalue weighted by molar-refractivity contribution is 5.98. The van der Waals surface area contributed by atoms with Crippen LogP contribution in [0.3, 0.4) is 0 Å². The lowest BCUT2D eigenvalue weighted by atomic mass is 10.1. The topological polar surface area (TPSA) is 49.4 Å². The first-order chi connectivity index (χ1) is 8.24. The van der Waals surface area contributed by atoms with Gasteiger partial charge in [0, 0.05) is 18.7 Å². The number of carbonyl (C=O) groups is 2. The molecular weight excluding hydrogens is 216 g/mol. The zero-order valence-corrected chi connectivity index (χ0v) is 9.85. The largest absolute Gasteiger partial charge is 0.353 e. The molecule has 17 heavy (non-hydrogen) atoms. The maximum absolute atomic E-state index is 12.3. The van der Waals surface area contributed by atoms with E-state index in [9.17, 15) is 9.59 Å². The number of hydrogen-bond acceptors (Lipinski definition) is 2. The second kappa shape index (κ2) is 4.99. The van der Waals surface area contributed by atoms with Gasteiger partial charge in [0.15, 0.2) is 0 Å². The third-order valence-corrected chi connectivity index (χ3v) is 3.00. The van der Waals surface area contributed by atoms with Gasteiger partial charge in [-0.2, -0.15) is 0 Å². The van der Waals surface area contributed by atoms with E-state index in [1.54, 1.807) is 17.0 Å². The Bertz CT molecular complexity index is 417. The molecule has 4 nitrogen and oxygen atoms in total. The fourth-order valence-electron chi connectivity index (χ4n) is 2.11. The summed E-state index contributed by atoms with van der Waals surface area (Å²) < 4.78 is 0. The normalized spacial score (nSPS) is 19.9. The Morgan fingerprint density at radius 2 is 2.12 bits per heavy atom. The van der Waals surface area contributed by atoms with Gasteiger partial charge in [0.2, 0.25) is 5.91 Å². The Kier molecular flexibility index (Phi) is 3.42. The van der Waals surface area contributed by atoms with Crippen LogP contribution in [0.15, 0.2) is 30.3 Å². The van der Waals surface area contributed by atoms with Crippen LogP contribution in [0, 0.1) is 0 Å². The fraction of sp³-hybridized carbons (Fsp3) is 0.385. The van der Waals surface area contributed by atoms with E-state index in [-0.39, 0.29) is 17.9 Å². The van der Waals surface area contributed by atoms with Gasteiger partial charge >= 0.3 is 0 Å². The lowest BCUT2D eigenvalue weighted by molar-refractivity contribution is -0.127. The maximum Gasteiger partial charge on any atom is 0.254 e. The second-order valence-electron chi connectivity index (χ2n) is 4.08. The molecule has 0 radical (unpaired) electrons. The average molecular weight is 232 g/mol. The van der Waals surface area contributed by atoms with Crippen LogP contribution in [0.25, 0.3) is 0 Å². The van der Waals surface area contributed by atoms with Crippen LogP contribution in [-0.2, 0) is 4.79 Å². The van der Waals surface area contributed by atoms with Crippen molar-refractivity contribution in [1.29, 1.82) is 0 Å². The number of benzene rings is 1. The highest BCUT2D eigenvalue weighted by atomic mass is 16.2. The van der Waals surface area contributed by atoms with Crippen LogP contribution >= 0.6 is 0 Å². The van der Waals surface area contributed by atoms with Crippen LogP contribution in [0.2, 0.25) is 0 Å². The van der Waals surface area contributed by atoms with E-state index in [2.05, 4.69) is 5.32 Å². The van der Waals surface area contributed by atoms with Crippen LogP contribution in [0.5, 0.6) is 0 Å². The fourth-order valence-corrected chi connectivity index (χ4v) is 2.11. The summed E-state index contributed by atoms with van der Waals surface area (Å²) >= 11 is 0. The second-order valence-corrected chi connectivity index (χ2v) is 4.08. The SMILES string of the molecule is CCC1C(=O)NCCN1C(=O)c1ccccc1. The molecule has 2 rings (SSSR count). The third kappa shape index (κ3) is 2.30. The van der Waals surface area contributed by atoms with Gasteiger partial charge in [0.1, 0.15) is 6.04 Å². The van der Waals surface area contributed by atoms with Crippen molar-refractivity contribution in [2.24, 2.45) is 0 Å². The molecule has 1 saturated heterocycles. The summed E-state index contributed by atoms with van der Waals surface area (Å²) in [7, 11) is 0.